The summed E-state index contributed by atoms with van der Waals surface area (Å²) in [6.45, 7) is 9.95. The minimum Gasteiger partial charge on any atom is -0.355 e. The maximum atomic E-state index is 12.2. The molecule has 2 amide bonds. The van der Waals surface area contributed by atoms with Crippen molar-refractivity contribution in [1.29, 1.82) is 0 Å². The van der Waals surface area contributed by atoms with Gasteiger partial charge in [-0.1, -0.05) is 32.4 Å². The van der Waals surface area contributed by atoms with E-state index < -0.39 is 6.04 Å². The van der Waals surface area contributed by atoms with Crippen molar-refractivity contribution in [2.75, 3.05) is 6.54 Å². The van der Waals surface area contributed by atoms with Crippen molar-refractivity contribution < 1.29 is 9.59 Å². The lowest BCUT2D eigenvalue weighted by atomic mass is 9.91. The van der Waals surface area contributed by atoms with Crippen molar-refractivity contribution in [3.63, 3.8) is 0 Å². The van der Waals surface area contributed by atoms with E-state index in [4.69, 9.17) is 11.6 Å². The lowest BCUT2D eigenvalue weighted by Gasteiger charge is -2.19. The number of amides is 2. The molecule has 0 aliphatic rings. The second kappa shape index (κ2) is 6.89. The minimum atomic E-state index is -0.609. The molecular formula is C15H22ClN3O2. The molecule has 1 aromatic heterocycles. The van der Waals surface area contributed by atoms with Crippen molar-refractivity contribution in [2.45, 2.75) is 46.1 Å². The lowest BCUT2D eigenvalue weighted by molar-refractivity contribution is -0.122. The monoisotopic (exact) mass is 311 g/mol. The van der Waals surface area contributed by atoms with Crippen LogP contribution in [-0.2, 0) is 10.2 Å². The van der Waals surface area contributed by atoms with Crippen molar-refractivity contribution in [2.24, 2.45) is 0 Å². The topological polar surface area (TPSA) is 71.1 Å². The van der Waals surface area contributed by atoms with Gasteiger partial charge in [0.25, 0.3) is 5.91 Å². The normalized spacial score (nSPS) is 12.7. The molecule has 1 aromatic rings. The molecule has 1 heterocycles. The second-order valence-corrected chi connectivity index (χ2v) is 6.29. The zero-order valence-electron chi connectivity index (χ0n) is 13.1. The fraction of sp³-hybridized carbons (Fsp3) is 0.533. The van der Waals surface area contributed by atoms with Crippen molar-refractivity contribution in [1.82, 2.24) is 15.6 Å². The van der Waals surface area contributed by atoms with Crippen LogP contribution in [0.15, 0.2) is 12.1 Å². The molecule has 0 saturated carbocycles. The van der Waals surface area contributed by atoms with Crippen LogP contribution in [0.5, 0.6) is 0 Å². The van der Waals surface area contributed by atoms with Crippen LogP contribution in [0.1, 0.15) is 50.7 Å². The Labute approximate surface area is 130 Å². The summed E-state index contributed by atoms with van der Waals surface area (Å²) in [6, 6.07) is 2.59. The highest BCUT2D eigenvalue weighted by Crippen LogP contribution is 2.23. The molecule has 0 spiro atoms. The highest BCUT2D eigenvalue weighted by molar-refractivity contribution is 6.29. The third-order valence-electron chi connectivity index (χ3n) is 2.92. The fourth-order valence-corrected chi connectivity index (χ4v) is 1.89. The number of pyridine rings is 1. The van der Waals surface area contributed by atoms with E-state index in [9.17, 15) is 9.59 Å². The first-order chi connectivity index (χ1) is 9.65. The Bertz CT molecular complexity index is 538. The number of aromatic nitrogens is 1. The summed E-state index contributed by atoms with van der Waals surface area (Å²) < 4.78 is 0. The van der Waals surface area contributed by atoms with Crippen LogP contribution in [0.4, 0.5) is 0 Å². The summed E-state index contributed by atoms with van der Waals surface area (Å²) in [6.07, 6.45) is 0. The van der Waals surface area contributed by atoms with Crippen LogP contribution < -0.4 is 10.6 Å². The van der Waals surface area contributed by atoms with Crippen LogP contribution in [0.25, 0.3) is 0 Å². The average molecular weight is 312 g/mol. The predicted molar refractivity (Wildman–Crippen MR) is 83.6 cm³/mol. The maximum Gasteiger partial charge on any atom is 0.252 e. The Hall–Kier alpha value is -1.62. The molecule has 0 aliphatic heterocycles. The quantitative estimate of drug-likeness (QED) is 0.838. The SMILES string of the molecule is CCNC(=O)C(C)NC(=O)c1cc(Cl)nc(C(C)(C)C)c1. The number of carbonyl (C=O) groups is 2. The van der Waals surface area contributed by atoms with Gasteiger partial charge >= 0.3 is 0 Å². The molecule has 5 nitrogen and oxygen atoms in total. The number of likely N-dealkylation sites (N-methyl/N-ethyl adjacent to an activating group) is 1. The van der Waals surface area contributed by atoms with E-state index in [2.05, 4.69) is 15.6 Å². The molecule has 0 saturated heterocycles. The summed E-state index contributed by atoms with van der Waals surface area (Å²) in [5.41, 5.74) is 0.910. The van der Waals surface area contributed by atoms with Crippen LogP contribution in [-0.4, -0.2) is 29.4 Å². The van der Waals surface area contributed by atoms with E-state index in [0.29, 0.717) is 12.1 Å². The smallest absolute Gasteiger partial charge is 0.252 e. The molecule has 1 rings (SSSR count). The van der Waals surface area contributed by atoms with Gasteiger partial charge in [0.05, 0.1) is 0 Å². The fourth-order valence-electron chi connectivity index (χ4n) is 1.69. The van der Waals surface area contributed by atoms with Gasteiger partial charge in [-0.05, 0) is 26.0 Å². The lowest BCUT2D eigenvalue weighted by Crippen LogP contribution is -2.44. The molecule has 2 N–H and O–H groups in total. The molecule has 0 aliphatic carbocycles. The van der Waals surface area contributed by atoms with Crippen molar-refractivity contribution >= 4 is 23.4 Å². The zero-order chi connectivity index (χ0) is 16.2. The van der Waals surface area contributed by atoms with Gasteiger partial charge in [-0.3, -0.25) is 9.59 Å². The van der Waals surface area contributed by atoms with Gasteiger partial charge in [0, 0.05) is 23.2 Å². The van der Waals surface area contributed by atoms with E-state index >= 15 is 0 Å². The van der Waals surface area contributed by atoms with Crippen LogP contribution in [0.3, 0.4) is 0 Å². The number of hydrogen-bond donors (Lipinski definition) is 2. The molecule has 0 bridgehead atoms. The molecule has 116 valence electrons. The number of nitrogens with one attached hydrogen (secondary N) is 2. The van der Waals surface area contributed by atoms with E-state index in [-0.39, 0.29) is 22.4 Å². The van der Waals surface area contributed by atoms with Crippen LogP contribution in [0, 0.1) is 0 Å². The van der Waals surface area contributed by atoms with Gasteiger partial charge in [-0.25, -0.2) is 4.98 Å². The number of hydrogen-bond acceptors (Lipinski definition) is 3. The number of carbonyl (C=O) groups excluding carboxylic acids is 2. The van der Waals surface area contributed by atoms with Gasteiger partial charge in [0.2, 0.25) is 5.91 Å². The van der Waals surface area contributed by atoms with Crippen LogP contribution in [0.2, 0.25) is 5.15 Å². The van der Waals surface area contributed by atoms with E-state index in [1.807, 2.05) is 27.7 Å². The first kappa shape index (κ1) is 17.4. The van der Waals surface area contributed by atoms with E-state index in [1.54, 1.807) is 13.0 Å². The van der Waals surface area contributed by atoms with Crippen LogP contribution >= 0.6 is 11.6 Å². The third kappa shape index (κ3) is 5.01. The Balaban J connectivity index is 2.93. The van der Waals surface area contributed by atoms with E-state index in [0.717, 1.165) is 5.69 Å². The Morgan fingerprint density at radius 3 is 2.48 bits per heavy atom. The van der Waals surface area contributed by atoms with Crippen molar-refractivity contribution in [3.8, 4) is 0 Å². The number of halogens is 1. The van der Waals surface area contributed by atoms with Gasteiger partial charge in [-0.2, -0.15) is 0 Å². The predicted octanol–water partition coefficient (Wildman–Crippen LogP) is 2.29. The molecule has 0 aromatic carbocycles. The summed E-state index contributed by atoms with van der Waals surface area (Å²) in [5.74, 6) is -0.564. The highest BCUT2D eigenvalue weighted by Gasteiger charge is 2.21. The minimum absolute atomic E-state index is 0.217. The second-order valence-electron chi connectivity index (χ2n) is 5.90. The largest absolute Gasteiger partial charge is 0.355 e. The Kier molecular flexibility index (Phi) is 5.72. The first-order valence-electron chi connectivity index (χ1n) is 6.91. The number of nitrogens with zero attached hydrogens (tertiary/aromatic N) is 1. The van der Waals surface area contributed by atoms with Gasteiger partial charge in [0.15, 0.2) is 0 Å². The maximum absolute atomic E-state index is 12.2. The summed E-state index contributed by atoms with van der Waals surface area (Å²) >= 11 is 5.98. The Morgan fingerprint density at radius 2 is 1.95 bits per heavy atom. The van der Waals surface area contributed by atoms with E-state index in [1.165, 1.54) is 6.07 Å². The van der Waals surface area contributed by atoms with Gasteiger partial charge in [0.1, 0.15) is 11.2 Å². The third-order valence-corrected chi connectivity index (χ3v) is 3.11. The standard InChI is InChI=1S/C15H22ClN3O2/c1-6-17-13(20)9(2)18-14(21)10-7-11(15(3,4)5)19-12(16)8-10/h7-9H,6H2,1-5H3,(H,17,20)(H,18,21). The zero-order valence-corrected chi connectivity index (χ0v) is 13.8. The van der Waals surface area contributed by atoms with Gasteiger partial charge in [-0.15, -0.1) is 0 Å². The highest BCUT2D eigenvalue weighted by atomic mass is 35.5. The van der Waals surface area contributed by atoms with Gasteiger partial charge < -0.3 is 10.6 Å². The van der Waals surface area contributed by atoms with Crippen molar-refractivity contribution in [3.05, 3.63) is 28.5 Å². The molecular weight excluding hydrogens is 290 g/mol. The molecule has 0 radical (unpaired) electrons. The summed E-state index contributed by atoms with van der Waals surface area (Å²) in [4.78, 5) is 28.1. The molecule has 21 heavy (non-hydrogen) atoms. The first-order valence-corrected chi connectivity index (χ1v) is 7.29. The summed E-state index contributed by atoms with van der Waals surface area (Å²) in [7, 11) is 0. The number of rotatable bonds is 4. The average Bonchev–Trinajstić information content (AvgIpc) is 2.37. The Morgan fingerprint density at radius 1 is 1.33 bits per heavy atom. The molecule has 1 atom stereocenters. The summed E-state index contributed by atoms with van der Waals surface area (Å²) in [5, 5.41) is 5.57. The molecule has 6 heteroatoms. The molecule has 1 unspecified atom stereocenters. The molecule has 0 fully saturated rings.